The Morgan fingerprint density at radius 3 is 2.74 bits per heavy atom. The van der Waals surface area contributed by atoms with Gasteiger partial charge < -0.3 is 10.1 Å². The van der Waals surface area contributed by atoms with Gasteiger partial charge in [-0.2, -0.15) is 0 Å². The van der Waals surface area contributed by atoms with Crippen LogP contribution in [0.15, 0.2) is 22.7 Å². The van der Waals surface area contributed by atoms with Crippen LogP contribution in [-0.4, -0.2) is 19.2 Å². The van der Waals surface area contributed by atoms with Gasteiger partial charge >= 0.3 is 0 Å². The lowest BCUT2D eigenvalue weighted by molar-refractivity contribution is 0.0648. The minimum absolute atomic E-state index is 0.0256. The van der Waals surface area contributed by atoms with Gasteiger partial charge in [0, 0.05) is 23.7 Å². The van der Waals surface area contributed by atoms with Crippen molar-refractivity contribution in [1.82, 2.24) is 5.32 Å². The van der Waals surface area contributed by atoms with E-state index in [1.54, 1.807) is 6.07 Å². The van der Waals surface area contributed by atoms with Gasteiger partial charge in [-0.1, -0.05) is 42.8 Å². The number of hydrogen-bond acceptors (Lipinski definition) is 2. The maximum Gasteiger partial charge on any atom is 0.124 e. The topological polar surface area (TPSA) is 21.3 Å². The SMILES string of the molecule is CC(C)(C)C1CCOC(c2ccc(F)cc2Br)CN1. The molecule has 1 fully saturated rings. The first kappa shape index (κ1) is 14.9. The summed E-state index contributed by atoms with van der Waals surface area (Å²) >= 11 is 3.41. The summed E-state index contributed by atoms with van der Waals surface area (Å²) in [6.45, 7) is 8.19. The molecular formula is C15H21BrFNO. The second-order valence-electron chi connectivity index (χ2n) is 6.14. The molecular weight excluding hydrogens is 309 g/mol. The normalized spacial score (nSPS) is 25.1. The number of benzene rings is 1. The van der Waals surface area contributed by atoms with Gasteiger partial charge in [0.25, 0.3) is 0 Å². The van der Waals surface area contributed by atoms with Crippen LogP contribution in [0.2, 0.25) is 0 Å². The predicted octanol–water partition coefficient (Wildman–Crippen LogP) is 4.05. The molecule has 1 saturated heterocycles. The molecule has 106 valence electrons. The summed E-state index contributed by atoms with van der Waals surface area (Å²) in [4.78, 5) is 0. The van der Waals surface area contributed by atoms with Crippen molar-refractivity contribution < 1.29 is 9.13 Å². The van der Waals surface area contributed by atoms with Crippen LogP contribution in [0.3, 0.4) is 0 Å². The van der Waals surface area contributed by atoms with E-state index >= 15 is 0 Å². The van der Waals surface area contributed by atoms with Crippen LogP contribution in [0.25, 0.3) is 0 Å². The molecule has 1 aliphatic heterocycles. The molecule has 1 N–H and O–H groups in total. The Morgan fingerprint density at radius 1 is 1.37 bits per heavy atom. The molecule has 2 nitrogen and oxygen atoms in total. The van der Waals surface area contributed by atoms with Gasteiger partial charge in [-0.3, -0.25) is 0 Å². The van der Waals surface area contributed by atoms with Gasteiger partial charge in [0.15, 0.2) is 0 Å². The highest BCUT2D eigenvalue weighted by atomic mass is 79.9. The van der Waals surface area contributed by atoms with Crippen LogP contribution in [-0.2, 0) is 4.74 Å². The molecule has 0 amide bonds. The summed E-state index contributed by atoms with van der Waals surface area (Å²) in [6.07, 6.45) is 0.973. The van der Waals surface area contributed by atoms with Crippen molar-refractivity contribution in [3.63, 3.8) is 0 Å². The third kappa shape index (κ3) is 3.77. The van der Waals surface area contributed by atoms with Crippen molar-refractivity contribution in [1.29, 1.82) is 0 Å². The highest BCUT2D eigenvalue weighted by molar-refractivity contribution is 9.10. The molecule has 0 aliphatic carbocycles. The Balaban J connectivity index is 2.11. The van der Waals surface area contributed by atoms with E-state index in [1.807, 2.05) is 0 Å². The number of hydrogen-bond donors (Lipinski definition) is 1. The van der Waals surface area contributed by atoms with E-state index in [4.69, 9.17) is 4.74 Å². The van der Waals surface area contributed by atoms with Gasteiger partial charge in [0.2, 0.25) is 0 Å². The summed E-state index contributed by atoms with van der Waals surface area (Å²) in [7, 11) is 0. The van der Waals surface area contributed by atoms with Crippen molar-refractivity contribution in [3.8, 4) is 0 Å². The highest BCUT2D eigenvalue weighted by Crippen LogP contribution is 2.30. The van der Waals surface area contributed by atoms with Crippen molar-refractivity contribution in [2.75, 3.05) is 13.2 Å². The van der Waals surface area contributed by atoms with Crippen LogP contribution >= 0.6 is 15.9 Å². The molecule has 1 aromatic carbocycles. The average Bonchev–Trinajstić information content (AvgIpc) is 2.54. The Hall–Kier alpha value is -0.450. The number of halogens is 2. The summed E-state index contributed by atoms with van der Waals surface area (Å²) in [5.74, 6) is -0.232. The van der Waals surface area contributed by atoms with E-state index in [0.29, 0.717) is 6.04 Å². The molecule has 2 atom stereocenters. The van der Waals surface area contributed by atoms with E-state index < -0.39 is 0 Å². The molecule has 19 heavy (non-hydrogen) atoms. The first-order chi connectivity index (χ1) is 8.88. The molecule has 1 heterocycles. The smallest absolute Gasteiger partial charge is 0.124 e. The summed E-state index contributed by atoms with van der Waals surface area (Å²) in [5.41, 5.74) is 1.22. The first-order valence-electron chi connectivity index (χ1n) is 6.68. The monoisotopic (exact) mass is 329 g/mol. The van der Waals surface area contributed by atoms with Crippen molar-refractivity contribution >= 4 is 15.9 Å². The minimum atomic E-state index is -0.232. The van der Waals surface area contributed by atoms with Crippen LogP contribution in [0.1, 0.15) is 38.9 Å². The van der Waals surface area contributed by atoms with E-state index in [9.17, 15) is 4.39 Å². The van der Waals surface area contributed by atoms with Crippen LogP contribution in [0.4, 0.5) is 4.39 Å². The van der Waals surface area contributed by atoms with Gasteiger partial charge in [-0.15, -0.1) is 0 Å². The molecule has 0 aromatic heterocycles. The quantitative estimate of drug-likeness (QED) is 0.839. The van der Waals surface area contributed by atoms with Gasteiger partial charge in [0.05, 0.1) is 6.10 Å². The first-order valence-corrected chi connectivity index (χ1v) is 7.47. The Bertz CT molecular complexity index is 444. The third-order valence-electron chi connectivity index (χ3n) is 3.63. The van der Waals surface area contributed by atoms with Gasteiger partial charge in [0.1, 0.15) is 5.82 Å². The molecule has 0 saturated carbocycles. The maximum absolute atomic E-state index is 13.1. The number of ether oxygens (including phenoxy) is 1. The van der Waals surface area contributed by atoms with Crippen molar-refractivity contribution in [2.45, 2.75) is 39.3 Å². The lowest BCUT2D eigenvalue weighted by Crippen LogP contribution is -2.40. The fraction of sp³-hybridized carbons (Fsp3) is 0.600. The van der Waals surface area contributed by atoms with Crippen molar-refractivity contribution in [3.05, 3.63) is 34.1 Å². The molecule has 1 aliphatic rings. The summed E-state index contributed by atoms with van der Waals surface area (Å²) in [5, 5.41) is 3.57. The van der Waals surface area contributed by atoms with Crippen LogP contribution in [0.5, 0.6) is 0 Å². The van der Waals surface area contributed by atoms with Crippen LogP contribution in [0, 0.1) is 11.2 Å². The Kier molecular flexibility index (Phi) is 4.64. The molecule has 4 heteroatoms. The molecule has 0 radical (unpaired) electrons. The Morgan fingerprint density at radius 2 is 2.11 bits per heavy atom. The molecule has 2 unspecified atom stereocenters. The van der Waals surface area contributed by atoms with Crippen molar-refractivity contribution in [2.24, 2.45) is 5.41 Å². The van der Waals surface area contributed by atoms with E-state index in [0.717, 1.165) is 29.6 Å². The lowest BCUT2D eigenvalue weighted by atomic mass is 9.85. The number of nitrogens with one attached hydrogen (secondary N) is 1. The van der Waals surface area contributed by atoms with E-state index in [-0.39, 0.29) is 17.3 Å². The maximum atomic E-state index is 13.1. The van der Waals surface area contributed by atoms with Gasteiger partial charge in [-0.05, 0) is 29.5 Å². The Labute approximate surface area is 122 Å². The second-order valence-corrected chi connectivity index (χ2v) is 7.00. The molecule has 0 bridgehead atoms. The largest absolute Gasteiger partial charge is 0.372 e. The predicted molar refractivity (Wildman–Crippen MR) is 78.7 cm³/mol. The third-order valence-corrected chi connectivity index (χ3v) is 4.32. The highest BCUT2D eigenvalue weighted by Gasteiger charge is 2.28. The minimum Gasteiger partial charge on any atom is -0.372 e. The fourth-order valence-electron chi connectivity index (χ4n) is 2.44. The fourth-order valence-corrected chi connectivity index (χ4v) is 3.05. The molecule has 1 aromatic rings. The zero-order valence-corrected chi connectivity index (χ0v) is 13.3. The second kappa shape index (κ2) is 5.90. The van der Waals surface area contributed by atoms with E-state index in [1.165, 1.54) is 12.1 Å². The summed E-state index contributed by atoms with van der Waals surface area (Å²) in [6, 6.07) is 5.21. The standard InChI is InChI=1S/C15H21BrFNO/c1-15(2,3)14-6-7-19-13(9-18-14)11-5-4-10(17)8-12(11)16/h4-5,8,13-14,18H,6-7,9H2,1-3H3. The molecule has 2 rings (SSSR count). The molecule has 0 spiro atoms. The zero-order chi connectivity index (χ0) is 14.0. The van der Waals surface area contributed by atoms with Gasteiger partial charge in [-0.25, -0.2) is 4.39 Å². The zero-order valence-electron chi connectivity index (χ0n) is 11.7. The summed E-state index contributed by atoms with van der Waals surface area (Å²) < 4.78 is 19.8. The average molecular weight is 330 g/mol. The van der Waals surface area contributed by atoms with Crippen LogP contribution < -0.4 is 5.32 Å². The number of rotatable bonds is 1. The lowest BCUT2D eigenvalue weighted by Gasteiger charge is -2.30. The van der Waals surface area contributed by atoms with E-state index in [2.05, 4.69) is 42.0 Å².